The van der Waals surface area contributed by atoms with Crippen molar-refractivity contribution in [1.82, 2.24) is 14.9 Å². The number of morpholine rings is 1. The predicted octanol–water partition coefficient (Wildman–Crippen LogP) is 4.12. The smallest absolute Gasteiger partial charge is 0.146 e. The van der Waals surface area contributed by atoms with Crippen molar-refractivity contribution in [1.29, 1.82) is 0 Å². The summed E-state index contributed by atoms with van der Waals surface area (Å²) in [5, 5.41) is 2.04. The van der Waals surface area contributed by atoms with Crippen LogP contribution in [-0.4, -0.2) is 67.4 Å². The van der Waals surface area contributed by atoms with Gasteiger partial charge in [-0.1, -0.05) is 23.7 Å². The fourth-order valence-electron chi connectivity index (χ4n) is 4.40. The summed E-state index contributed by atoms with van der Waals surface area (Å²) in [5.74, 6) is 2.01. The van der Waals surface area contributed by atoms with E-state index in [1.54, 1.807) is 11.3 Å². The van der Waals surface area contributed by atoms with Crippen molar-refractivity contribution in [3.8, 4) is 0 Å². The quantitative estimate of drug-likeness (QED) is 0.587. The second kappa shape index (κ2) is 8.90. The molecule has 1 aromatic carbocycles. The van der Waals surface area contributed by atoms with Gasteiger partial charge in [0.1, 0.15) is 16.5 Å². The van der Waals surface area contributed by atoms with Gasteiger partial charge in [0, 0.05) is 44.1 Å². The van der Waals surface area contributed by atoms with E-state index in [9.17, 15) is 0 Å². The van der Waals surface area contributed by atoms with E-state index in [-0.39, 0.29) is 0 Å². The fourth-order valence-corrected chi connectivity index (χ4v) is 5.70. The van der Waals surface area contributed by atoms with Crippen LogP contribution in [0.4, 0.5) is 11.5 Å². The summed E-state index contributed by atoms with van der Waals surface area (Å²) < 4.78 is 5.50. The molecule has 0 saturated carbocycles. The maximum atomic E-state index is 6.44. The number of thiophene rings is 1. The molecule has 0 unspecified atom stereocenters. The zero-order chi connectivity index (χ0) is 21.4. The van der Waals surface area contributed by atoms with Crippen molar-refractivity contribution in [3.63, 3.8) is 0 Å². The van der Waals surface area contributed by atoms with Crippen LogP contribution >= 0.6 is 22.9 Å². The third-order valence-corrected chi connectivity index (χ3v) is 7.72. The molecular formula is C23H28ClN5OS. The SMILES string of the molecule is Cc1sc2nc(CN3CCOCC3)nc(N3CCN(c4ccccc4Cl)CC3)c2c1C. The lowest BCUT2D eigenvalue weighted by molar-refractivity contribution is 0.0331. The van der Waals surface area contributed by atoms with Gasteiger partial charge in [0.2, 0.25) is 0 Å². The number of rotatable bonds is 4. The molecule has 3 aromatic rings. The zero-order valence-electron chi connectivity index (χ0n) is 18.1. The number of aromatic nitrogens is 2. The molecule has 0 N–H and O–H groups in total. The maximum absolute atomic E-state index is 6.44. The molecule has 5 rings (SSSR count). The van der Waals surface area contributed by atoms with Crippen LogP contribution in [0.25, 0.3) is 10.2 Å². The number of nitrogens with zero attached hydrogens (tertiary/aromatic N) is 5. The number of hydrogen-bond acceptors (Lipinski definition) is 7. The first-order chi connectivity index (χ1) is 15.1. The first-order valence-electron chi connectivity index (χ1n) is 10.9. The Balaban J connectivity index is 1.42. The molecule has 0 atom stereocenters. The Kier molecular flexibility index (Phi) is 6.01. The van der Waals surface area contributed by atoms with Crippen molar-refractivity contribution in [2.45, 2.75) is 20.4 Å². The second-order valence-corrected chi connectivity index (χ2v) is 9.85. The number of aryl methyl sites for hydroxylation is 2. The van der Waals surface area contributed by atoms with Crippen molar-refractivity contribution in [3.05, 3.63) is 45.6 Å². The number of fused-ring (bicyclic) bond motifs is 1. The predicted molar refractivity (Wildman–Crippen MR) is 129 cm³/mol. The van der Waals surface area contributed by atoms with Crippen LogP contribution in [-0.2, 0) is 11.3 Å². The third kappa shape index (κ3) is 4.24. The molecule has 6 nitrogen and oxygen atoms in total. The van der Waals surface area contributed by atoms with Crippen molar-refractivity contribution in [2.24, 2.45) is 0 Å². The van der Waals surface area contributed by atoms with Gasteiger partial charge in [-0.25, -0.2) is 9.97 Å². The van der Waals surface area contributed by atoms with E-state index in [1.165, 1.54) is 15.8 Å². The van der Waals surface area contributed by atoms with Crippen LogP contribution in [0.1, 0.15) is 16.3 Å². The van der Waals surface area contributed by atoms with Gasteiger partial charge >= 0.3 is 0 Å². The van der Waals surface area contributed by atoms with Gasteiger partial charge in [-0.15, -0.1) is 11.3 Å². The Bertz CT molecular complexity index is 1070. The van der Waals surface area contributed by atoms with Crippen LogP contribution in [0, 0.1) is 13.8 Å². The van der Waals surface area contributed by atoms with Crippen LogP contribution in [0.2, 0.25) is 5.02 Å². The number of benzene rings is 1. The fraction of sp³-hybridized carbons (Fsp3) is 0.478. The van der Waals surface area contributed by atoms with E-state index in [2.05, 4.69) is 40.7 Å². The molecule has 2 aliphatic rings. The van der Waals surface area contributed by atoms with Gasteiger partial charge < -0.3 is 14.5 Å². The van der Waals surface area contributed by atoms with E-state index >= 15 is 0 Å². The van der Waals surface area contributed by atoms with Crippen LogP contribution < -0.4 is 9.80 Å². The first-order valence-corrected chi connectivity index (χ1v) is 12.1. The molecule has 0 radical (unpaired) electrons. The van der Waals surface area contributed by atoms with Gasteiger partial charge in [0.15, 0.2) is 0 Å². The van der Waals surface area contributed by atoms with Crippen LogP contribution in [0.5, 0.6) is 0 Å². The Hall–Kier alpha value is -1.93. The Morgan fingerprint density at radius 2 is 1.68 bits per heavy atom. The highest BCUT2D eigenvalue weighted by Crippen LogP contribution is 2.36. The highest BCUT2D eigenvalue weighted by Gasteiger charge is 2.25. The summed E-state index contributed by atoms with van der Waals surface area (Å²) in [7, 11) is 0. The Morgan fingerprint density at radius 1 is 0.968 bits per heavy atom. The number of ether oxygens (including phenoxy) is 1. The minimum absolute atomic E-state index is 0.780. The lowest BCUT2D eigenvalue weighted by atomic mass is 10.2. The largest absolute Gasteiger partial charge is 0.379 e. The van der Waals surface area contributed by atoms with E-state index in [0.29, 0.717) is 0 Å². The van der Waals surface area contributed by atoms with Crippen molar-refractivity contribution >= 4 is 44.7 Å². The molecule has 2 fully saturated rings. The van der Waals surface area contributed by atoms with Gasteiger partial charge in [0.05, 0.1) is 35.9 Å². The first kappa shape index (κ1) is 20.9. The Labute approximate surface area is 192 Å². The average molecular weight is 458 g/mol. The molecule has 2 aliphatic heterocycles. The minimum atomic E-state index is 0.780. The molecule has 0 spiro atoms. The molecule has 0 amide bonds. The molecule has 164 valence electrons. The Morgan fingerprint density at radius 3 is 2.42 bits per heavy atom. The molecule has 31 heavy (non-hydrogen) atoms. The van der Waals surface area contributed by atoms with Gasteiger partial charge in [-0.2, -0.15) is 0 Å². The molecule has 0 bridgehead atoms. The number of halogens is 1. The molecule has 4 heterocycles. The summed E-state index contributed by atoms with van der Waals surface area (Å²) in [4.78, 5) is 19.7. The molecule has 2 aromatic heterocycles. The monoisotopic (exact) mass is 457 g/mol. The topological polar surface area (TPSA) is 44.7 Å². The molecule has 2 saturated heterocycles. The molecular weight excluding hydrogens is 430 g/mol. The summed E-state index contributed by atoms with van der Waals surface area (Å²) in [6.45, 7) is 12.3. The number of anilines is 2. The van der Waals surface area contributed by atoms with Crippen LogP contribution in [0.3, 0.4) is 0 Å². The molecule has 0 aliphatic carbocycles. The summed E-state index contributed by atoms with van der Waals surface area (Å²) >= 11 is 8.22. The summed E-state index contributed by atoms with van der Waals surface area (Å²) in [6.07, 6.45) is 0. The zero-order valence-corrected chi connectivity index (χ0v) is 19.7. The van der Waals surface area contributed by atoms with E-state index in [1.807, 2.05) is 12.1 Å². The van der Waals surface area contributed by atoms with E-state index < -0.39 is 0 Å². The van der Waals surface area contributed by atoms with Crippen LogP contribution in [0.15, 0.2) is 24.3 Å². The maximum Gasteiger partial charge on any atom is 0.146 e. The van der Waals surface area contributed by atoms with Gasteiger partial charge in [0.25, 0.3) is 0 Å². The highest BCUT2D eigenvalue weighted by atomic mass is 35.5. The summed E-state index contributed by atoms with van der Waals surface area (Å²) in [6, 6.07) is 8.11. The standard InChI is InChI=1S/C23H28ClN5OS/c1-16-17(2)31-23-21(16)22(25-20(26-23)15-27-11-13-30-14-12-27)29-9-7-28(8-10-29)19-6-4-3-5-18(19)24/h3-6H,7-15H2,1-2H3. The van der Waals surface area contributed by atoms with E-state index in [0.717, 1.165) is 86.2 Å². The minimum Gasteiger partial charge on any atom is -0.379 e. The summed E-state index contributed by atoms with van der Waals surface area (Å²) in [5.41, 5.74) is 2.42. The second-order valence-electron chi connectivity index (χ2n) is 8.24. The highest BCUT2D eigenvalue weighted by molar-refractivity contribution is 7.18. The lowest BCUT2D eigenvalue weighted by Gasteiger charge is -2.37. The number of hydrogen-bond donors (Lipinski definition) is 0. The van der Waals surface area contributed by atoms with Gasteiger partial charge in [-0.3, -0.25) is 4.90 Å². The van der Waals surface area contributed by atoms with Crippen molar-refractivity contribution < 1.29 is 4.74 Å². The van der Waals surface area contributed by atoms with Crippen molar-refractivity contribution in [2.75, 3.05) is 62.3 Å². The lowest BCUT2D eigenvalue weighted by Crippen LogP contribution is -2.47. The number of piperazine rings is 1. The van der Waals surface area contributed by atoms with E-state index in [4.69, 9.17) is 26.3 Å². The van der Waals surface area contributed by atoms with Gasteiger partial charge in [-0.05, 0) is 31.5 Å². The third-order valence-electron chi connectivity index (χ3n) is 6.30. The molecule has 8 heteroatoms. The normalized spacial score (nSPS) is 18.2. The average Bonchev–Trinajstić information content (AvgIpc) is 3.08. The number of para-hydroxylation sites is 1.